The summed E-state index contributed by atoms with van der Waals surface area (Å²) in [5.41, 5.74) is 1.05. The van der Waals surface area contributed by atoms with Gasteiger partial charge in [0.25, 0.3) is 0 Å². The molecule has 1 saturated heterocycles. The molecule has 4 atom stereocenters. The Bertz CT molecular complexity index is 700. The van der Waals surface area contributed by atoms with E-state index in [1.54, 1.807) is 34.1 Å². The van der Waals surface area contributed by atoms with Gasteiger partial charge in [0.05, 0.1) is 32.3 Å². The molecule has 0 amide bonds. The molecule has 31 heavy (non-hydrogen) atoms. The number of carboxylic acid groups (broad SMARTS) is 1. The van der Waals surface area contributed by atoms with Crippen LogP contribution in [0.3, 0.4) is 0 Å². The molecule has 8 heteroatoms. The van der Waals surface area contributed by atoms with E-state index >= 15 is 0 Å². The zero-order chi connectivity index (χ0) is 22.9. The van der Waals surface area contributed by atoms with Gasteiger partial charge in [0, 0.05) is 13.5 Å². The van der Waals surface area contributed by atoms with Gasteiger partial charge in [-0.1, -0.05) is 24.3 Å². The normalized spacial score (nSPS) is 22.5. The van der Waals surface area contributed by atoms with Crippen molar-refractivity contribution in [1.29, 1.82) is 0 Å². The van der Waals surface area contributed by atoms with Gasteiger partial charge in [0.1, 0.15) is 24.8 Å². The first-order chi connectivity index (χ1) is 14.7. The van der Waals surface area contributed by atoms with Crippen LogP contribution >= 0.6 is 0 Å². The molecule has 0 bridgehead atoms. The Morgan fingerprint density at radius 2 is 1.90 bits per heavy atom. The van der Waals surface area contributed by atoms with Crippen LogP contribution in [0.25, 0.3) is 0 Å². The van der Waals surface area contributed by atoms with Crippen LogP contribution in [0.15, 0.2) is 36.4 Å². The van der Waals surface area contributed by atoms with Crippen molar-refractivity contribution in [3.8, 4) is 5.75 Å². The van der Waals surface area contributed by atoms with Crippen LogP contribution in [0.1, 0.15) is 39.2 Å². The Hall–Kier alpha value is -1.97. The number of aliphatic carboxylic acids is 1. The van der Waals surface area contributed by atoms with Gasteiger partial charge in [-0.25, -0.2) is 0 Å². The summed E-state index contributed by atoms with van der Waals surface area (Å²) in [4.78, 5) is 11.1. The van der Waals surface area contributed by atoms with Crippen molar-refractivity contribution in [3.05, 3.63) is 42.0 Å². The van der Waals surface area contributed by atoms with E-state index in [0.717, 1.165) is 11.3 Å². The van der Waals surface area contributed by atoms with Crippen molar-refractivity contribution in [1.82, 2.24) is 0 Å². The van der Waals surface area contributed by atoms with E-state index in [4.69, 9.17) is 33.5 Å². The SMILES string of the molecule is COCO[C@H](/C=C/[C@@H]1OC(C)(C)O[C@H]1CC(=O)O)C[C@@H](C)OCc1ccc(OC)cc1. The largest absolute Gasteiger partial charge is 0.497 e. The molecule has 0 unspecified atom stereocenters. The Balaban J connectivity index is 1.93. The van der Waals surface area contributed by atoms with Crippen molar-refractivity contribution < 1.29 is 38.3 Å². The monoisotopic (exact) mass is 438 g/mol. The fraction of sp³-hybridized carbons (Fsp3) is 0.609. The summed E-state index contributed by atoms with van der Waals surface area (Å²) in [5.74, 6) is -0.970. The zero-order valence-electron chi connectivity index (χ0n) is 18.9. The van der Waals surface area contributed by atoms with Crippen LogP contribution in [0.4, 0.5) is 0 Å². The molecule has 0 aromatic heterocycles. The third kappa shape index (κ3) is 8.96. The van der Waals surface area contributed by atoms with Gasteiger partial charge in [-0.05, 0) is 38.5 Å². The molecule has 0 aliphatic carbocycles. The third-order valence-corrected chi connectivity index (χ3v) is 4.77. The smallest absolute Gasteiger partial charge is 0.306 e. The molecule has 8 nitrogen and oxygen atoms in total. The number of rotatable bonds is 13. The standard InChI is InChI=1S/C23H34O8/c1-16(28-14-17-6-8-18(27-5)9-7-17)12-19(29-15-26-4)10-11-20-21(13-22(24)25)31-23(2,3)30-20/h6-11,16,19-21H,12-15H2,1-5H3,(H,24,25)/b11-10+/t16-,19-,20+,21+/m1/s1. The van der Waals surface area contributed by atoms with E-state index in [1.165, 1.54) is 0 Å². The Morgan fingerprint density at radius 3 is 2.52 bits per heavy atom. The molecular weight excluding hydrogens is 404 g/mol. The van der Waals surface area contributed by atoms with Crippen LogP contribution in [0.5, 0.6) is 5.75 Å². The average Bonchev–Trinajstić information content (AvgIpc) is 3.01. The molecule has 2 rings (SSSR count). The highest BCUT2D eigenvalue weighted by molar-refractivity contribution is 5.67. The summed E-state index contributed by atoms with van der Waals surface area (Å²) in [7, 11) is 3.19. The maximum Gasteiger partial charge on any atom is 0.306 e. The van der Waals surface area contributed by atoms with Crippen molar-refractivity contribution >= 4 is 5.97 Å². The highest BCUT2D eigenvalue weighted by atomic mass is 16.8. The number of methoxy groups -OCH3 is 2. The summed E-state index contributed by atoms with van der Waals surface area (Å²) in [6.07, 6.45) is 2.71. The molecule has 1 aliphatic rings. The minimum absolute atomic E-state index is 0.0828. The van der Waals surface area contributed by atoms with E-state index in [1.807, 2.05) is 37.3 Å². The van der Waals surface area contributed by atoms with Gasteiger partial charge in [0.2, 0.25) is 0 Å². The molecule has 1 heterocycles. The molecule has 1 aliphatic heterocycles. The van der Waals surface area contributed by atoms with Crippen LogP contribution in [0, 0.1) is 0 Å². The summed E-state index contributed by atoms with van der Waals surface area (Å²) >= 11 is 0. The van der Waals surface area contributed by atoms with E-state index in [0.29, 0.717) is 13.0 Å². The van der Waals surface area contributed by atoms with Gasteiger partial charge < -0.3 is 33.5 Å². The maximum absolute atomic E-state index is 11.1. The summed E-state index contributed by atoms with van der Waals surface area (Å²) < 4.78 is 33.5. The molecule has 0 saturated carbocycles. The first-order valence-corrected chi connectivity index (χ1v) is 10.3. The Morgan fingerprint density at radius 1 is 1.19 bits per heavy atom. The van der Waals surface area contributed by atoms with E-state index < -0.39 is 24.0 Å². The first kappa shape index (κ1) is 25.3. The first-order valence-electron chi connectivity index (χ1n) is 10.3. The molecule has 1 aromatic carbocycles. The van der Waals surface area contributed by atoms with Gasteiger partial charge in [-0.15, -0.1) is 0 Å². The number of benzene rings is 1. The highest BCUT2D eigenvalue weighted by Gasteiger charge is 2.41. The van der Waals surface area contributed by atoms with Gasteiger partial charge in [-0.3, -0.25) is 4.79 Å². The Labute approximate surface area is 184 Å². The zero-order valence-corrected chi connectivity index (χ0v) is 18.9. The number of hydrogen-bond donors (Lipinski definition) is 1. The van der Waals surface area contributed by atoms with Crippen LogP contribution < -0.4 is 4.74 Å². The van der Waals surface area contributed by atoms with Gasteiger partial charge in [0.15, 0.2) is 5.79 Å². The lowest BCUT2D eigenvalue weighted by Crippen LogP contribution is -2.25. The van der Waals surface area contributed by atoms with E-state index in [2.05, 4.69) is 0 Å². The van der Waals surface area contributed by atoms with Crippen LogP contribution in [-0.2, 0) is 35.1 Å². The van der Waals surface area contributed by atoms with Gasteiger partial charge in [-0.2, -0.15) is 0 Å². The fourth-order valence-electron chi connectivity index (χ4n) is 3.30. The van der Waals surface area contributed by atoms with E-state index in [-0.39, 0.29) is 25.4 Å². The third-order valence-electron chi connectivity index (χ3n) is 4.77. The summed E-state index contributed by atoms with van der Waals surface area (Å²) in [6.45, 7) is 6.12. The lowest BCUT2D eigenvalue weighted by atomic mass is 10.1. The maximum atomic E-state index is 11.1. The van der Waals surface area contributed by atoms with Crippen molar-refractivity contribution in [2.75, 3.05) is 21.0 Å². The lowest BCUT2D eigenvalue weighted by Gasteiger charge is -2.20. The highest BCUT2D eigenvalue weighted by Crippen LogP contribution is 2.31. The topological polar surface area (TPSA) is 92.7 Å². The number of carbonyl (C=O) groups is 1. The fourth-order valence-corrected chi connectivity index (χ4v) is 3.30. The minimum Gasteiger partial charge on any atom is -0.497 e. The quantitative estimate of drug-likeness (QED) is 0.369. The molecule has 1 aromatic rings. The van der Waals surface area contributed by atoms with Crippen molar-refractivity contribution in [2.45, 2.75) is 70.4 Å². The van der Waals surface area contributed by atoms with Crippen LogP contribution in [0.2, 0.25) is 0 Å². The molecule has 174 valence electrons. The second kappa shape index (κ2) is 12.2. The molecular formula is C23H34O8. The Kier molecular flexibility index (Phi) is 9.93. The van der Waals surface area contributed by atoms with Gasteiger partial charge >= 0.3 is 5.97 Å². The molecule has 1 N–H and O–H groups in total. The molecule has 0 radical (unpaired) electrons. The average molecular weight is 439 g/mol. The minimum atomic E-state index is -0.933. The predicted molar refractivity (Wildman–Crippen MR) is 114 cm³/mol. The van der Waals surface area contributed by atoms with Crippen LogP contribution in [-0.4, -0.2) is 62.3 Å². The second-order valence-electron chi connectivity index (χ2n) is 7.94. The van der Waals surface area contributed by atoms with E-state index in [9.17, 15) is 4.79 Å². The summed E-state index contributed by atoms with van der Waals surface area (Å²) in [6, 6.07) is 7.73. The molecule has 1 fully saturated rings. The number of ether oxygens (including phenoxy) is 6. The van der Waals surface area contributed by atoms with Crippen molar-refractivity contribution in [3.63, 3.8) is 0 Å². The summed E-state index contributed by atoms with van der Waals surface area (Å²) in [5, 5.41) is 9.13. The second-order valence-corrected chi connectivity index (χ2v) is 7.94. The number of hydrogen-bond acceptors (Lipinski definition) is 7. The predicted octanol–water partition coefficient (Wildman–Crippen LogP) is 3.53. The number of carboxylic acids is 1. The van der Waals surface area contributed by atoms with Crippen molar-refractivity contribution in [2.24, 2.45) is 0 Å². The molecule has 0 spiro atoms. The lowest BCUT2D eigenvalue weighted by molar-refractivity contribution is -0.151.